The zero-order valence-corrected chi connectivity index (χ0v) is 6.44. The second-order valence-electron chi connectivity index (χ2n) is 2.45. The number of H-pyrrole nitrogens is 1. The van der Waals surface area contributed by atoms with Crippen LogP contribution in [-0.4, -0.2) is 19.1 Å². The number of hydrogen-bond donors (Lipinski definition) is 1. The maximum Gasteiger partial charge on any atom is 0.332 e. The summed E-state index contributed by atoms with van der Waals surface area (Å²) in [6, 6.07) is 0. The second kappa shape index (κ2) is 2.32. The third kappa shape index (κ3) is 0.851. The lowest BCUT2D eigenvalue weighted by atomic mass is 10.5. The van der Waals surface area contributed by atoms with Gasteiger partial charge in [0.05, 0.1) is 6.33 Å². The molecule has 0 aliphatic heterocycles. The van der Waals surface area contributed by atoms with Crippen LogP contribution in [0.2, 0.25) is 0 Å². The molecule has 1 N–H and O–H groups in total. The number of aromatic nitrogens is 4. The van der Waals surface area contributed by atoms with Gasteiger partial charge in [0.2, 0.25) is 0 Å². The molecular formula is C7H8N4O2. The van der Waals surface area contributed by atoms with E-state index in [1.807, 2.05) is 0 Å². The molecule has 0 aliphatic rings. The first-order valence-electron chi connectivity index (χ1n) is 5.57. The van der Waals surface area contributed by atoms with Gasteiger partial charge in [-0.1, -0.05) is 0 Å². The molecule has 68 valence electrons. The Labute approximate surface area is 78.1 Å². The number of fused-ring (bicyclic) bond motifs is 1. The largest absolute Gasteiger partial charge is 0.339 e. The van der Waals surface area contributed by atoms with E-state index in [1.165, 1.54) is 0 Å². The van der Waals surface area contributed by atoms with Crippen molar-refractivity contribution in [2.45, 2.75) is 0 Å². The van der Waals surface area contributed by atoms with E-state index < -0.39 is 25.2 Å². The van der Waals surface area contributed by atoms with Crippen molar-refractivity contribution in [3.63, 3.8) is 0 Å². The quantitative estimate of drug-likeness (QED) is 0.568. The van der Waals surface area contributed by atoms with Crippen molar-refractivity contribution in [3.05, 3.63) is 27.2 Å². The van der Waals surface area contributed by atoms with Gasteiger partial charge in [-0.25, -0.2) is 9.78 Å². The smallest absolute Gasteiger partial charge is 0.332 e. The van der Waals surface area contributed by atoms with Crippen molar-refractivity contribution in [2.75, 3.05) is 0 Å². The maximum absolute atomic E-state index is 11.8. The van der Waals surface area contributed by atoms with Crippen LogP contribution in [0.15, 0.2) is 15.9 Å². The van der Waals surface area contributed by atoms with Gasteiger partial charge in [-0.05, 0) is 0 Å². The molecule has 0 bridgehead atoms. The Kier molecular flexibility index (Phi) is 0.785. The Balaban J connectivity index is 3.07. The molecule has 2 heterocycles. The first-order valence-corrected chi connectivity index (χ1v) is 3.36. The summed E-state index contributed by atoms with van der Waals surface area (Å²) in [5.41, 5.74) is -2.15. The summed E-state index contributed by atoms with van der Waals surface area (Å²) in [5, 5.41) is 0. The highest BCUT2D eigenvalue weighted by Crippen LogP contribution is 1.97. The van der Waals surface area contributed by atoms with Crippen LogP contribution in [0, 0.1) is 0 Å². The number of rotatable bonds is 0. The van der Waals surface area contributed by atoms with Crippen LogP contribution in [-0.2, 0) is 14.0 Å². The molecule has 0 aliphatic carbocycles. The lowest BCUT2D eigenvalue weighted by Crippen LogP contribution is -2.36. The molecule has 0 saturated carbocycles. The van der Waals surface area contributed by atoms with Crippen LogP contribution < -0.4 is 11.2 Å². The average molecular weight is 184 g/mol. The fraction of sp³-hybridized carbons (Fsp3) is 0.286. The SMILES string of the molecule is [2H]Cn1c(=O)c2[nH]cnc2n(C([2H])([2H])[2H])c1=O. The van der Waals surface area contributed by atoms with Gasteiger partial charge < -0.3 is 4.98 Å². The molecule has 0 spiro atoms. The molecule has 0 radical (unpaired) electrons. The van der Waals surface area contributed by atoms with E-state index in [-0.39, 0.29) is 11.2 Å². The Morgan fingerprint density at radius 3 is 3.08 bits per heavy atom. The molecule has 2 rings (SSSR count). The van der Waals surface area contributed by atoms with Crippen LogP contribution in [0.5, 0.6) is 0 Å². The summed E-state index contributed by atoms with van der Waals surface area (Å²) in [4.78, 5) is 29.6. The van der Waals surface area contributed by atoms with E-state index >= 15 is 0 Å². The van der Waals surface area contributed by atoms with E-state index in [0.717, 1.165) is 6.33 Å². The summed E-state index contributed by atoms with van der Waals surface area (Å²) in [7, 11) is -0.650. The van der Waals surface area contributed by atoms with Gasteiger partial charge in [0, 0.05) is 19.5 Å². The highest BCUT2D eigenvalue weighted by atomic mass is 16.2. The number of hydrogen-bond acceptors (Lipinski definition) is 3. The summed E-state index contributed by atoms with van der Waals surface area (Å²) in [6.45, 7) is -2.75. The molecule has 0 saturated heterocycles. The van der Waals surface area contributed by atoms with E-state index in [0.29, 0.717) is 9.13 Å². The number of nitrogens with one attached hydrogen (secondary N) is 1. The van der Waals surface area contributed by atoms with E-state index in [2.05, 4.69) is 9.97 Å². The number of nitrogens with zero attached hydrogens (tertiary/aromatic N) is 3. The summed E-state index contributed by atoms with van der Waals surface area (Å²) >= 11 is 0. The molecule has 0 fully saturated rings. The van der Waals surface area contributed by atoms with Gasteiger partial charge in [0.25, 0.3) is 5.56 Å². The van der Waals surface area contributed by atoms with Gasteiger partial charge in [-0.2, -0.15) is 0 Å². The summed E-state index contributed by atoms with van der Waals surface area (Å²) in [6.07, 6.45) is 1.13. The standard InChI is InChI=1S/C7H8N4O2/c1-10-5-4(8-3-9-5)6(12)11(2)7(10)13/h3H,1-2H3,(H,8,9)/i1D3,2D. The summed E-state index contributed by atoms with van der Waals surface area (Å²) in [5.74, 6) is 0. The van der Waals surface area contributed by atoms with Gasteiger partial charge in [-0.15, -0.1) is 0 Å². The minimum absolute atomic E-state index is 0.104. The topological polar surface area (TPSA) is 72.7 Å². The Morgan fingerprint density at radius 1 is 1.54 bits per heavy atom. The molecule has 2 aromatic rings. The molecule has 6 nitrogen and oxygen atoms in total. The minimum atomic E-state index is -2.75. The normalized spacial score (nSPS) is 16.3. The van der Waals surface area contributed by atoms with Gasteiger partial charge in [0.15, 0.2) is 5.65 Å². The number of aryl methyl sites for hydroxylation is 1. The Hall–Kier alpha value is -1.85. The molecule has 0 aromatic carbocycles. The zero-order chi connectivity index (χ0) is 12.8. The molecular weight excluding hydrogens is 172 g/mol. The molecule has 0 amide bonds. The summed E-state index contributed by atoms with van der Waals surface area (Å²) < 4.78 is 29.8. The number of aromatic amines is 1. The minimum Gasteiger partial charge on any atom is -0.339 e. The van der Waals surface area contributed by atoms with E-state index in [4.69, 9.17) is 5.48 Å². The third-order valence-electron chi connectivity index (χ3n) is 1.71. The number of imidazole rings is 1. The van der Waals surface area contributed by atoms with Crippen molar-refractivity contribution in [3.8, 4) is 0 Å². The van der Waals surface area contributed by atoms with Crippen LogP contribution in [0.4, 0.5) is 0 Å². The van der Waals surface area contributed by atoms with Crippen molar-refractivity contribution < 1.29 is 5.48 Å². The average Bonchev–Trinajstić information content (AvgIpc) is 2.64. The third-order valence-corrected chi connectivity index (χ3v) is 1.71. The van der Waals surface area contributed by atoms with Crippen LogP contribution in [0.1, 0.15) is 5.48 Å². The van der Waals surface area contributed by atoms with Crippen LogP contribution in [0.3, 0.4) is 0 Å². The maximum atomic E-state index is 11.8. The van der Waals surface area contributed by atoms with Gasteiger partial charge >= 0.3 is 5.69 Å². The lowest BCUT2D eigenvalue weighted by Gasteiger charge is -2.00. The monoisotopic (exact) mass is 184 g/mol. The van der Waals surface area contributed by atoms with E-state index in [1.54, 1.807) is 0 Å². The first kappa shape index (κ1) is 4.40. The predicted octanol–water partition coefficient (Wildman–Crippen LogP) is -1.04. The predicted molar refractivity (Wildman–Crippen MR) is 46.6 cm³/mol. The molecule has 2 aromatic heterocycles. The van der Waals surface area contributed by atoms with Crippen molar-refractivity contribution in [1.29, 1.82) is 0 Å². The van der Waals surface area contributed by atoms with Crippen LogP contribution >= 0.6 is 0 Å². The first-order chi connectivity index (χ1) is 7.88. The Morgan fingerprint density at radius 2 is 2.38 bits per heavy atom. The Bertz CT molecular complexity index is 680. The fourth-order valence-electron chi connectivity index (χ4n) is 1.05. The molecule has 13 heavy (non-hydrogen) atoms. The molecule has 0 unspecified atom stereocenters. The van der Waals surface area contributed by atoms with Crippen LogP contribution in [0.25, 0.3) is 11.2 Å². The highest BCUT2D eigenvalue weighted by molar-refractivity contribution is 5.68. The van der Waals surface area contributed by atoms with Gasteiger partial charge in [0.1, 0.15) is 5.52 Å². The van der Waals surface area contributed by atoms with E-state index in [9.17, 15) is 9.59 Å². The molecule has 0 atom stereocenters. The van der Waals surface area contributed by atoms with Crippen molar-refractivity contribution >= 4 is 11.2 Å². The molecule has 6 heteroatoms. The highest BCUT2D eigenvalue weighted by Gasteiger charge is 2.08. The zero-order valence-electron chi connectivity index (χ0n) is 10.4. The van der Waals surface area contributed by atoms with Gasteiger partial charge in [-0.3, -0.25) is 13.9 Å². The van der Waals surface area contributed by atoms with Crippen molar-refractivity contribution in [2.24, 2.45) is 14.0 Å². The second-order valence-corrected chi connectivity index (χ2v) is 2.45. The van der Waals surface area contributed by atoms with Crippen molar-refractivity contribution in [1.82, 2.24) is 19.1 Å². The fourth-order valence-corrected chi connectivity index (χ4v) is 1.05. The lowest BCUT2D eigenvalue weighted by molar-refractivity contribution is 0.709.